The fraction of sp³-hybridized carbons (Fsp3) is 0.500. The highest BCUT2D eigenvalue weighted by molar-refractivity contribution is 6.36. The lowest BCUT2D eigenvalue weighted by molar-refractivity contribution is -0.385. The molecule has 88 valence electrons. The highest BCUT2D eigenvalue weighted by Gasteiger charge is 2.23. The van der Waals surface area contributed by atoms with E-state index in [2.05, 4.69) is 9.97 Å². The van der Waals surface area contributed by atoms with Crippen LogP contribution in [0.4, 0.5) is 11.6 Å². The minimum atomic E-state index is -0.698. The highest BCUT2D eigenvalue weighted by atomic mass is 35.5. The van der Waals surface area contributed by atoms with Gasteiger partial charge in [-0.05, 0) is 13.8 Å². The number of hydrogen-bond acceptors (Lipinski definition) is 5. The number of rotatable bonds is 4. The lowest BCUT2D eigenvalue weighted by Crippen LogP contribution is -2.24. The molecule has 0 atom stereocenters. The largest absolute Gasteiger partial charge is 0.343 e. The van der Waals surface area contributed by atoms with Gasteiger partial charge in [-0.2, -0.15) is 9.97 Å². The van der Waals surface area contributed by atoms with Crippen molar-refractivity contribution in [2.45, 2.75) is 13.8 Å². The van der Waals surface area contributed by atoms with Gasteiger partial charge in [-0.3, -0.25) is 10.1 Å². The van der Waals surface area contributed by atoms with E-state index >= 15 is 0 Å². The van der Waals surface area contributed by atoms with Gasteiger partial charge in [-0.15, -0.1) is 0 Å². The third-order valence-electron chi connectivity index (χ3n) is 2.02. The van der Waals surface area contributed by atoms with Gasteiger partial charge < -0.3 is 4.90 Å². The first kappa shape index (κ1) is 12.9. The summed E-state index contributed by atoms with van der Waals surface area (Å²) in [6.45, 7) is 5.16. The van der Waals surface area contributed by atoms with Crippen molar-refractivity contribution in [1.29, 1.82) is 0 Å². The summed E-state index contributed by atoms with van der Waals surface area (Å²) in [6.07, 6.45) is 0. The van der Waals surface area contributed by atoms with Gasteiger partial charge in [-0.25, -0.2) is 0 Å². The average Bonchev–Trinajstić information content (AvgIpc) is 2.17. The van der Waals surface area contributed by atoms with Gasteiger partial charge in [-0.1, -0.05) is 23.2 Å². The molecule has 6 nitrogen and oxygen atoms in total. The van der Waals surface area contributed by atoms with Crippen molar-refractivity contribution in [3.63, 3.8) is 0 Å². The van der Waals surface area contributed by atoms with E-state index < -0.39 is 10.6 Å². The Morgan fingerprint density at radius 2 is 1.69 bits per heavy atom. The molecular formula is C8H10Cl2N4O2. The summed E-state index contributed by atoms with van der Waals surface area (Å²) in [7, 11) is 0. The van der Waals surface area contributed by atoms with Gasteiger partial charge in [0.15, 0.2) is 0 Å². The fourth-order valence-corrected chi connectivity index (χ4v) is 1.71. The summed E-state index contributed by atoms with van der Waals surface area (Å²) in [5.74, 6) is 0.297. The van der Waals surface area contributed by atoms with Crippen LogP contribution in [-0.4, -0.2) is 28.0 Å². The Morgan fingerprint density at radius 3 is 2.00 bits per heavy atom. The molecule has 0 fully saturated rings. The van der Waals surface area contributed by atoms with E-state index in [1.807, 2.05) is 13.8 Å². The average molecular weight is 265 g/mol. The number of nitrogens with zero attached hydrogens (tertiary/aromatic N) is 4. The molecule has 1 rings (SSSR count). The zero-order chi connectivity index (χ0) is 12.3. The first-order valence-corrected chi connectivity index (χ1v) is 5.39. The molecule has 0 bridgehead atoms. The van der Waals surface area contributed by atoms with Crippen molar-refractivity contribution in [3.8, 4) is 0 Å². The van der Waals surface area contributed by atoms with Gasteiger partial charge in [0.05, 0.1) is 4.92 Å². The lowest BCUT2D eigenvalue weighted by atomic mass is 10.5. The summed E-state index contributed by atoms with van der Waals surface area (Å²) < 4.78 is 0. The van der Waals surface area contributed by atoms with Crippen molar-refractivity contribution >= 4 is 34.8 Å². The molecule has 0 unspecified atom stereocenters. The Kier molecular flexibility index (Phi) is 4.26. The predicted molar refractivity (Wildman–Crippen MR) is 62.3 cm³/mol. The second-order valence-electron chi connectivity index (χ2n) is 2.88. The van der Waals surface area contributed by atoms with E-state index in [0.29, 0.717) is 19.0 Å². The SMILES string of the molecule is CCN(CC)c1nc(Cl)c([N+](=O)[O-])c(Cl)n1. The normalized spacial score (nSPS) is 10.2. The Bertz CT molecular complexity index is 386. The van der Waals surface area contributed by atoms with E-state index in [1.54, 1.807) is 4.90 Å². The molecule has 1 heterocycles. The van der Waals surface area contributed by atoms with Gasteiger partial charge in [0.1, 0.15) is 0 Å². The molecule has 0 aromatic carbocycles. The number of hydrogen-bond donors (Lipinski definition) is 0. The zero-order valence-electron chi connectivity index (χ0n) is 8.78. The van der Waals surface area contributed by atoms with Crippen LogP contribution in [0.15, 0.2) is 0 Å². The van der Waals surface area contributed by atoms with Crippen LogP contribution in [0.2, 0.25) is 10.3 Å². The monoisotopic (exact) mass is 264 g/mol. The Morgan fingerprint density at radius 1 is 1.25 bits per heavy atom. The van der Waals surface area contributed by atoms with Crippen LogP contribution in [-0.2, 0) is 0 Å². The second kappa shape index (κ2) is 5.27. The van der Waals surface area contributed by atoms with E-state index in [9.17, 15) is 10.1 Å². The first-order valence-electron chi connectivity index (χ1n) is 4.63. The molecule has 16 heavy (non-hydrogen) atoms. The zero-order valence-corrected chi connectivity index (χ0v) is 10.3. The third-order valence-corrected chi connectivity index (χ3v) is 2.54. The molecule has 8 heteroatoms. The van der Waals surface area contributed by atoms with Crippen LogP contribution in [0.5, 0.6) is 0 Å². The van der Waals surface area contributed by atoms with Crippen molar-refractivity contribution in [2.75, 3.05) is 18.0 Å². The molecule has 1 aromatic heterocycles. The molecular weight excluding hydrogens is 255 g/mol. The second-order valence-corrected chi connectivity index (χ2v) is 3.60. The van der Waals surface area contributed by atoms with Crippen LogP contribution in [0.3, 0.4) is 0 Å². The van der Waals surface area contributed by atoms with E-state index in [0.717, 1.165) is 0 Å². The Balaban J connectivity index is 3.23. The molecule has 0 radical (unpaired) electrons. The van der Waals surface area contributed by atoms with E-state index in [4.69, 9.17) is 23.2 Å². The minimum absolute atomic E-state index is 0.244. The summed E-state index contributed by atoms with van der Waals surface area (Å²) in [5, 5.41) is 10.1. The predicted octanol–water partition coefficient (Wildman–Crippen LogP) is 2.54. The maximum Gasteiger partial charge on any atom is 0.343 e. The van der Waals surface area contributed by atoms with Crippen molar-refractivity contribution in [1.82, 2.24) is 9.97 Å². The maximum absolute atomic E-state index is 10.6. The van der Waals surface area contributed by atoms with E-state index in [-0.39, 0.29) is 10.3 Å². The van der Waals surface area contributed by atoms with Crippen molar-refractivity contribution < 1.29 is 4.92 Å². The van der Waals surface area contributed by atoms with Gasteiger partial charge in [0.2, 0.25) is 16.3 Å². The van der Waals surface area contributed by atoms with Crippen LogP contribution in [0.25, 0.3) is 0 Å². The summed E-state index contributed by atoms with van der Waals surface area (Å²) >= 11 is 11.4. The van der Waals surface area contributed by atoms with Crippen LogP contribution in [0.1, 0.15) is 13.8 Å². The fourth-order valence-electron chi connectivity index (χ4n) is 1.19. The Labute approximate surface area is 102 Å². The highest BCUT2D eigenvalue weighted by Crippen LogP contribution is 2.30. The summed E-state index contributed by atoms with van der Waals surface area (Å²) in [6, 6.07) is 0. The first-order chi connectivity index (χ1) is 7.51. The van der Waals surface area contributed by atoms with E-state index in [1.165, 1.54) is 0 Å². The molecule has 0 amide bonds. The molecule has 1 aromatic rings. The van der Waals surface area contributed by atoms with Crippen molar-refractivity contribution in [3.05, 3.63) is 20.4 Å². The number of aromatic nitrogens is 2. The quantitative estimate of drug-likeness (QED) is 0.475. The molecule has 0 aliphatic carbocycles. The molecule has 0 spiro atoms. The standard InChI is InChI=1S/C8H10Cl2N4O2/c1-3-13(4-2)8-11-6(9)5(14(15)16)7(10)12-8/h3-4H2,1-2H3. The van der Waals surface area contributed by atoms with Gasteiger partial charge >= 0.3 is 5.69 Å². The lowest BCUT2D eigenvalue weighted by Gasteiger charge is -2.18. The maximum atomic E-state index is 10.6. The topological polar surface area (TPSA) is 72.2 Å². The smallest absolute Gasteiger partial charge is 0.341 e. The summed E-state index contributed by atoms with van der Waals surface area (Å²) in [4.78, 5) is 19.4. The molecule has 0 aliphatic rings. The minimum Gasteiger partial charge on any atom is -0.341 e. The summed E-state index contributed by atoms with van der Waals surface area (Å²) in [5.41, 5.74) is -0.459. The van der Waals surface area contributed by atoms with Crippen molar-refractivity contribution in [2.24, 2.45) is 0 Å². The van der Waals surface area contributed by atoms with Crippen LogP contribution in [0, 0.1) is 10.1 Å². The number of halogens is 2. The number of nitro groups is 1. The molecule has 0 saturated heterocycles. The Hall–Kier alpha value is -1.14. The molecule has 0 saturated carbocycles. The molecule has 0 N–H and O–H groups in total. The van der Waals surface area contributed by atoms with Gasteiger partial charge in [0.25, 0.3) is 0 Å². The van der Waals surface area contributed by atoms with Gasteiger partial charge in [0, 0.05) is 13.1 Å². The number of anilines is 1. The molecule has 0 aliphatic heterocycles. The third kappa shape index (κ3) is 2.51. The van der Waals surface area contributed by atoms with Crippen LogP contribution >= 0.6 is 23.2 Å². The van der Waals surface area contributed by atoms with Crippen LogP contribution < -0.4 is 4.90 Å².